The summed E-state index contributed by atoms with van der Waals surface area (Å²) in [5.74, 6) is 3.87. The zero-order chi connectivity index (χ0) is 15.5. The molecule has 0 aliphatic carbocycles. The van der Waals surface area contributed by atoms with E-state index in [1.165, 1.54) is 5.56 Å². The van der Waals surface area contributed by atoms with Crippen molar-refractivity contribution in [3.63, 3.8) is 0 Å². The number of anilines is 1. The van der Waals surface area contributed by atoms with Gasteiger partial charge in [0, 0.05) is 32.6 Å². The number of aromatic nitrogens is 2. The van der Waals surface area contributed by atoms with Gasteiger partial charge in [0.25, 0.3) is 0 Å². The van der Waals surface area contributed by atoms with Crippen molar-refractivity contribution in [3.8, 4) is 11.5 Å². The van der Waals surface area contributed by atoms with Crippen LogP contribution >= 0.6 is 0 Å². The Morgan fingerprint density at radius 2 is 2.18 bits per heavy atom. The summed E-state index contributed by atoms with van der Waals surface area (Å²) in [7, 11) is 5.64. The van der Waals surface area contributed by atoms with Crippen LogP contribution < -0.4 is 14.4 Å². The summed E-state index contributed by atoms with van der Waals surface area (Å²) in [4.78, 5) is 11.0. The summed E-state index contributed by atoms with van der Waals surface area (Å²) >= 11 is 0. The van der Waals surface area contributed by atoms with Gasteiger partial charge in [0.05, 0.1) is 13.7 Å². The van der Waals surface area contributed by atoms with Gasteiger partial charge < -0.3 is 14.4 Å². The van der Waals surface area contributed by atoms with Crippen molar-refractivity contribution in [2.45, 2.75) is 12.8 Å². The molecule has 1 aromatic heterocycles. The molecular weight excluding hydrogens is 278 g/mol. The highest BCUT2D eigenvalue weighted by Crippen LogP contribution is 2.36. The lowest BCUT2D eigenvalue weighted by Crippen LogP contribution is -2.24. The second-order valence-corrected chi connectivity index (χ2v) is 5.76. The lowest BCUT2D eigenvalue weighted by molar-refractivity contribution is 0.209. The van der Waals surface area contributed by atoms with Crippen LogP contribution in [0.3, 0.4) is 0 Å². The number of ether oxygens (including phenoxy) is 2. The zero-order valence-corrected chi connectivity index (χ0v) is 13.2. The normalized spacial score (nSPS) is 16.6. The summed E-state index contributed by atoms with van der Waals surface area (Å²) in [6.45, 7) is 0.670. The fourth-order valence-electron chi connectivity index (χ4n) is 2.74. The monoisotopic (exact) mass is 299 g/mol. The number of hydrogen-bond acceptors (Lipinski definition) is 5. The Morgan fingerprint density at radius 1 is 1.32 bits per heavy atom. The molecule has 0 amide bonds. The van der Waals surface area contributed by atoms with Crippen LogP contribution in [-0.4, -0.2) is 37.8 Å². The molecule has 0 radical (unpaired) electrons. The van der Waals surface area contributed by atoms with Crippen molar-refractivity contribution >= 4 is 5.82 Å². The Labute approximate surface area is 130 Å². The van der Waals surface area contributed by atoms with E-state index in [1.807, 2.05) is 43.4 Å². The topological polar surface area (TPSA) is 47.5 Å². The minimum atomic E-state index is 0.386. The predicted molar refractivity (Wildman–Crippen MR) is 85.7 cm³/mol. The molecule has 0 saturated heterocycles. The average Bonchev–Trinajstić information content (AvgIpc) is 2.54. The third kappa shape index (κ3) is 2.98. The van der Waals surface area contributed by atoms with Gasteiger partial charge in [-0.1, -0.05) is 12.1 Å². The summed E-state index contributed by atoms with van der Waals surface area (Å²) in [5, 5.41) is 0. The highest BCUT2D eigenvalue weighted by molar-refractivity contribution is 5.47. The quantitative estimate of drug-likeness (QED) is 0.867. The second-order valence-electron chi connectivity index (χ2n) is 5.76. The first kappa shape index (κ1) is 14.6. The third-order valence-electron chi connectivity index (χ3n) is 3.87. The molecule has 1 unspecified atom stereocenters. The van der Waals surface area contributed by atoms with Crippen LogP contribution in [0.25, 0.3) is 0 Å². The van der Waals surface area contributed by atoms with Crippen molar-refractivity contribution in [1.29, 1.82) is 0 Å². The molecule has 0 spiro atoms. The maximum atomic E-state index is 5.92. The number of methoxy groups -OCH3 is 1. The van der Waals surface area contributed by atoms with Gasteiger partial charge in [-0.3, -0.25) is 0 Å². The molecule has 3 rings (SSSR count). The first-order chi connectivity index (χ1) is 10.7. The Morgan fingerprint density at radius 3 is 2.95 bits per heavy atom. The molecule has 0 fully saturated rings. The van der Waals surface area contributed by atoms with Gasteiger partial charge in [-0.25, -0.2) is 9.97 Å². The Bertz CT molecular complexity index is 658. The number of para-hydroxylation sites is 1. The SMILES string of the molecule is COc1cccc2c1OCC(Cc1nccc(N(C)C)n1)C2. The molecule has 5 nitrogen and oxygen atoms in total. The number of rotatable bonds is 4. The number of fused-ring (bicyclic) bond motifs is 1. The summed E-state index contributed by atoms with van der Waals surface area (Å²) in [5.41, 5.74) is 1.19. The lowest BCUT2D eigenvalue weighted by atomic mass is 9.93. The van der Waals surface area contributed by atoms with E-state index in [2.05, 4.69) is 16.0 Å². The van der Waals surface area contributed by atoms with Gasteiger partial charge in [0.15, 0.2) is 11.5 Å². The predicted octanol–water partition coefficient (Wildman–Crippen LogP) is 2.35. The van der Waals surface area contributed by atoms with E-state index in [4.69, 9.17) is 9.47 Å². The second kappa shape index (κ2) is 6.22. The van der Waals surface area contributed by atoms with Crippen molar-refractivity contribution in [2.75, 3.05) is 32.7 Å². The summed E-state index contributed by atoms with van der Waals surface area (Å²) in [6.07, 6.45) is 3.60. The average molecular weight is 299 g/mol. The van der Waals surface area contributed by atoms with Crippen LogP contribution in [0.2, 0.25) is 0 Å². The number of nitrogens with zero attached hydrogens (tertiary/aromatic N) is 3. The van der Waals surface area contributed by atoms with Crippen LogP contribution in [0.4, 0.5) is 5.82 Å². The molecule has 0 bridgehead atoms. The Balaban J connectivity index is 1.74. The smallest absolute Gasteiger partial charge is 0.164 e. The molecule has 1 atom stereocenters. The van der Waals surface area contributed by atoms with Crippen molar-refractivity contribution in [2.24, 2.45) is 5.92 Å². The molecule has 2 aromatic rings. The van der Waals surface area contributed by atoms with E-state index in [9.17, 15) is 0 Å². The zero-order valence-electron chi connectivity index (χ0n) is 13.2. The van der Waals surface area contributed by atoms with Gasteiger partial charge >= 0.3 is 0 Å². The summed E-state index contributed by atoms with van der Waals surface area (Å²) < 4.78 is 11.3. The molecule has 0 saturated carbocycles. The van der Waals surface area contributed by atoms with Crippen LogP contribution in [0, 0.1) is 5.92 Å². The van der Waals surface area contributed by atoms with Crippen molar-refractivity contribution in [1.82, 2.24) is 9.97 Å². The molecule has 1 aliphatic heterocycles. The highest BCUT2D eigenvalue weighted by atomic mass is 16.5. The van der Waals surface area contributed by atoms with E-state index >= 15 is 0 Å². The molecule has 1 aliphatic rings. The molecule has 116 valence electrons. The van der Waals surface area contributed by atoms with Gasteiger partial charge in [0.2, 0.25) is 0 Å². The number of benzene rings is 1. The largest absolute Gasteiger partial charge is 0.493 e. The molecular formula is C17H21N3O2. The standard InChI is InChI=1S/C17H21N3O2/c1-20(2)16-7-8-18-15(19-16)10-12-9-13-5-4-6-14(21-3)17(13)22-11-12/h4-8,12H,9-11H2,1-3H3. The van der Waals surface area contributed by atoms with E-state index in [1.54, 1.807) is 7.11 Å². The van der Waals surface area contributed by atoms with Gasteiger partial charge in [-0.15, -0.1) is 0 Å². The minimum absolute atomic E-state index is 0.386. The van der Waals surface area contributed by atoms with E-state index in [0.717, 1.165) is 36.0 Å². The van der Waals surface area contributed by atoms with E-state index < -0.39 is 0 Å². The maximum absolute atomic E-state index is 5.92. The van der Waals surface area contributed by atoms with Crippen LogP contribution in [-0.2, 0) is 12.8 Å². The molecule has 2 heterocycles. The third-order valence-corrected chi connectivity index (χ3v) is 3.87. The fourth-order valence-corrected chi connectivity index (χ4v) is 2.74. The number of hydrogen-bond donors (Lipinski definition) is 0. The van der Waals surface area contributed by atoms with Gasteiger partial charge in [-0.2, -0.15) is 0 Å². The highest BCUT2D eigenvalue weighted by Gasteiger charge is 2.23. The van der Waals surface area contributed by atoms with E-state index in [0.29, 0.717) is 12.5 Å². The molecule has 5 heteroatoms. The molecule has 0 N–H and O–H groups in total. The minimum Gasteiger partial charge on any atom is -0.493 e. The van der Waals surface area contributed by atoms with Gasteiger partial charge in [-0.05, 0) is 24.1 Å². The van der Waals surface area contributed by atoms with E-state index in [-0.39, 0.29) is 0 Å². The molecule has 22 heavy (non-hydrogen) atoms. The lowest BCUT2D eigenvalue weighted by Gasteiger charge is -2.26. The Hall–Kier alpha value is -2.30. The first-order valence-corrected chi connectivity index (χ1v) is 7.45. The van der Waals surface area contributed by atoms with Crippen LogP contribution in [0.1, 0.15) is 11.4 Å². The van der Waals surface area contributed by atoms with Crippen molar-refractivity contribution < 1.29 is 9.47 Å². The summed E-state index contributed by atoms with van der Waals surface area (Å²) in [6, 6.07) is 7.96. The Kier molecular flexibility index (Phi) is 4.13. The maximum Gasteiger partial charge on any atom is 0.164 e. The molecule has 1 aromatic carbocycles. The van der Waals surface area contributed by atoms with Crippen LogP contribution in [0.15, 0.2) is 30.5 Å². The van der Waals surface area contributed by atoms with Crippen molar-refractivity contribution in [3.05, 3.63) is 41.9 Å². The van der Waals surface area contributed by atoms with Gasteiger partial charge in [0.1, 0.15) is 11.6 Å². The fraction of sp³-hybridized carbons (Fsp3) is 0.412. The van der Waals surface area contributed by atoms with Crippen LogP contribution in [0.5, 0.6) is 11.5 Å². The first-order valence-electron chi connectivity index (χ1n) is 7.45.